The van der Waals surface area contributed by atoms with Crippen LogP contribution in [-0.2, 0) is 9.59 Å². The molecule has 1 amide bonds. The standard InChI is InChI=1S/C13H22N2O3/c1-9-5-6-14-10(8-9)12(16)15-7-3-2-4-11(15)13(17)18/h9-11,14H,2-8H2,1H3,(H,17,18). The first-order valence-electron chi connectivity index (χ1n) is 6.86. The van der Waals surface area contributed by atoms with E-state index in [0.717, 1.165) is 32.2 Å². The molecule has 5 nitrogen and oxygen atoms in total. The second-order valence-electron chi connectivity index (χ2n) is 5.52. The molecule has 3 atom stereocenters. The van der Waals surface area contributed by atoms with E-state index in [1.165, 1.54) is 0 Å². The highest BCUT2D eigenvalue weighted by molar-refractivity contribution is 5.87. The predicted molar refractivity (Wildman–Crippen MR) is 67.2 cm³/mol. The van der Waals surface area contributed by atoms with E-state index in [1.807, 2.05) is 0 Å². The quantitative estimate of drug-likeness (QED) is 0.766. The van der Waals surface area contributed by atoms with Gasteiger partial charge in [-0.2, -0.15) is 0 Å². The van der Waals surface area contributed by atoms with E-state index in [0.29, 0.717) is 18.9 Å². The number of nitrogens with one attached hydrogen (secondary N) is 1. The van der Waals surface area contributed by atoms with Gasteiger partial charge in [0.1, 0.15) is 6.04 Å². The molecule has 0 bridgehead atoms. The number of carbonyl (C=O) groups excluding carboxylic acids is 1. The maximum Gasteiger partial charge on any atom is 0.326 e. The van der Waals surface area contributed by atoms with Crippen molar-refractivity contribution in [2.45, 2.75) is 51.1 Å². The summed E-state index contributed by atoms with van der Waals surface area (Å²) in [7, 11) is 0. The van der Waals surface area contributed by atoms with Crippen LogP contribution < -0.4 is 5.32 Å². The molecule has 2 saturated heterocycles. The van der Waals surface area contributed by atoms with Gasteiger partial charge in [-0.3, -0.25) is 4.79 Å². The van der Waals surface area contributed by atoms with E-state index < -0.39 is 12.0 Å². The number of nitrogens with zero attached hydrogens (tertiary/aromatic N) is 1. The van der Waals surface area contributed by atoms with Crippen LogP contribution in [0.1, 0.15) is 39.0 Å². The molecule has 2 aliphatic rings. The maximum atomic E-state index is 12.4. The van der Waals surface area contributed by atoms with Crippen molar-refractivity contribution >= 4 is 11.9 Å². The second-order valence-corrected chi connectivity index (χ2v) is 5.52. The van der Waals surface area contributed by atoms with Gasteiger partial charge in [-0.15, -0.1) is 0 Å². The van der Waals surface area contributed by atoms with E-state index in [1.54, 1.807) is 4.90 Å². The van der Waals surface area contributed by atoms with Crippen molar-refractivity contribution in [2.24, 2.45) is 5.92 Å². The zero-order chi connectivity index (χ0) is 13.1. The Morgan fingerprint density at radius 1 is 1.28 bits per heavy atom. The Morgan fingerprint density at radius 2 is 2.06 bits per heavy atom. The molecular weight excluding hydrogens is 232 g/mol. The van der Waals surface area contributed by atoms with Crippen LogP contribution >= 0.6 is 0 Å². The summed E-state index contributed by atoms with van der Waals surface area (Å²) in [6.07, 6.45) is 4.31. The molecule has 0 aliphatic carbocycles. The summed E-state index contributed by atoms with van der Waals surface area (Å²) in [4.78, 5) is 25.2. The molecule has 18 heavy (non-hydrogen) atoms. The fourth-order valence-corrected chi connectivity index (χ4v) is 2.95. The van der Waals surface area contributed by atoms with Crippen molar-refractivity contribution in [3.8, 4) is 0 Å². The molecule has 3 unspecified atom stereocenters. The molecule has 2 rings (SSSR count). The maximum absolute atomic E-state index is 12.4. The first-order chi connectivity index (χ1) is 8.59. The van der Waals surface area contributed by atoms with Gasteiger partial charge in [0.05, 0.1) is 6.04 Å². The van der Waals surface area contributed by atoms with Gasteiger partial charge in [-0.25, -0.2) is 4.79 Å². The Morgan fingerprint density at radius 3 is 2.72 bits per heavy atom. The average molecular weight is 254 g/mol. The fraction of sp³-hybridized carbons (Fsp3) is 0.846. The summed E-state index contributed by atoms with van der Waals surface area (Å²) in [5.41, 5.74) is 0. The lowest BCUT2D eigenvalue weighted by Gasteiger charge is -2.37. The molecule has 2 N–H and O–H groups in total. The van der Waals surface area contributed by atoms with Gasteiger partial charge in [0, 0.05) is 6.54 Å². The molecule has 5 heteroatoms. The van der Waals surface area contributed by atoms with E-state index >= 15 is 0 Å². The van der Waals surface area contributed by atoms with Crippen LogP contribution in [0, 0.1) is 5.92 Å². The van der Waals surface area contributed by atoms with E-state index in [2.05, 4.69) is 12.2 Å². The summed E-state index contributed by atoms with van der Waals surface area (Å²) in [5, 5.41) is 12.4. The van der Waals surface area contributed by atoms with Crippen LogP contribution in [0.25, 0.3) is 0 Å². The highest BCUT2D eigenvalue weighted by Crippen LogP contribution is 2.22. The Balaban J connectivity index is 2.03. The molecular formula is C13H22N2O3. The van der Waals surface area contributed by atoms with Crippen molar-refractivity contribution < 1.29 is 14.7 Å². The largest absolute Gasteiger partial charge is 0.480 e. The third-order valence-electron chi connectivity index (χ3n) is 4.03. The number of carbonyl (C=O) groups is 2. The first kappa shape index (κ1) is 13.3. The summed E-state index contributed by atoms with van der Waals surface area (Å²) >= 11 is 0. The minimum absolute atomic E-state index is 0.0198. The highest BCUT2D eigenvalue weighted by Gasteiger charge is 2.36. The van der Waals surface area contributed by atoms with Gasteiger partial charge in [0.2, 0.25) is 5.91 Å². The topological polar surface area (TPSA) is 69.6 Å². The summed E-state index contributed by atoms with van der Waals surface area (Å²) in [5.74, 6) is -0.353. The molecule has 102 valence electrons. The zero-order valence-corrected chi connectivity index (χ0v) is 10.9. The number of hydrogen-bond acceptors (Lipinski definition) is 3. The van der Waals surface area contributed by atoms with Crippen LogP contribution in [0.5, 0.6) is 0 Å². The van der Waals surface area contributed by atoms with Gasteiger partial charge in [0.25, 0.3) is 0 Å². The molecule has 0 radical (unpaired) electrons. The van der Waals surface area contributed by atoms with Crippen molar-refractivity contribution in [1.82, 2.24) is 10.2 Å². The monoisotopic (exact) mass is 254 g/mol. The lowest BCUT2D eigenvalue weighted by molar-refractivity contribution is -0.153. The van der Waals surface area contributed by atoms with Crippen molar-refractivity contribution in [3.63, 3.8) is 0 Å². The molecule has 0 saturated carbocycles. The number of piperidine rings is 2. The first-order valence-corrected chi connectivity index (χ1v) is 6.86. The van der Waals surface area contributed by atoms with E-state index in [-0.39, 0.29) is 11.9 Å². The normalized spacial score (nSPS) is 33.2. The summed E-state index contributed by atoms with van der Waals surface area (Å²) in [6.45, 7) is 3.58. The number of amides is 1. The minimum Gasteiger partial charge on any atom is -0.480 e. The average Bonchev–Trinajstić information content (AvgIpc) is 2.38. The number of aliphatic carboxylic acids is 1. The number of hydrogen-bond donors (Lipinski definition) is 2. The van der Waals surface area contributed by atoms with Crippen molar-refractivity contribution in [3.05, 3.63) is 0 Å². The van der Waals surface area contributed by atoms with Gasteiger partial charge >= 0.3 is 5.97 Å². The molecule has 0 aromatic carbocycles. The van der Waals surface area contributed by atoms with Gasteiger partial charge < -0.3 is 15.3 Å². The van der Waals surface area contributed by atoms with E-state index in [4.69, 9.17) is 0 Å². The lowest BCUT2D eigenvalue weighted by Crippen LogP contribution is -2.56. The number of carboxylic acid groups (broad SMARTS) is 1. The Labute approximate surface area is 108 Å². The minimum atomic E-state index is -0.869. The summed E-state index contributed by atoms with van der Waals surface area (Å²) < 4.78 is 0. The van der Waals surface area contributed by atoms with Crippen LogP contribution in [0.4, 0.5) is 0 Å². The van der Waals surface area contributed by atoms with Crippen LogP contribution in [0.3, 0.4) is 0 Å². The van der Waals surface area contributed by atoms with Gasteiger partial charge in [-0.05, 0) is 44.6 Å². The van der Waals surface area contributed by atoms with Gasteiger partial charge in [-0.1, -0.05) is 6.92 Å². The molecule has 0 aromatic rings. The van der Waals surface area contributed by atoms with Crippen molar-refractivity contribution in [2.75, 3.05) is 13.1 Å². The third-order valence-corrected chi connectivity index (χ3v) is 4.03. The molecule has 0 aromatic heterocycles. The van der Waals surface area contributed by atoms with Gasteiger partial charge in [0.15, 0.2) is 0 Å². The smallest absolute Gasteiger partial charge is 0.326 e. The number of rotatable bonds is 2. The lowest BCUT2D eigenvalue weighted by atomic mass is 9.92. The Hall–Kier alpha value is -1.10. The van der Waals surface area contributed by atoms with Crippen molar-refractivity contribution in [1.29, 1.82) is 0 Å². The predicted octanol–water partition coefficient (Wildman–Crippen LogP) is 0.840. The zero-order valence-electron chi connectivity index (χ0n) is 10.9. The molecule has 2 aliphatic heterocycles. The van der Waals surface area contributed by atoms with Crippen LogP contribution in [0.15, 0.2) is 0 Å². The van der Waals surface area contributed by atoms with E-state index in [9.17, 15) is 14.7 Å². The SMILES string of the molecule is CC1CCNC(C(=O)N2CCCCC2C(=O)O)C1. The van der Waals surface area contributed by atoms with Crippen LogP contribution in [-0.4, -0.2) is 47.1 Å². The Bertz CT molecular complexity index is 332. The molecule has 2 heterocycles. The molecule has 0 spiro atoms. The summed E-state index contributed by atoms with van der Waals surface area (Å²) in [6, 6.07) is -0.806. The highest BCUT2D eigenvalue weighted by atomic mass is 16.4. The number of likely N-dealkylation sites (tertiary alicyclic amines) is 1. The number of carboxylic acids is 1. The second kappa shape index (κ2) is 5.69. The molecule has 2 fully saturated rings. The third kappa shape index (κ3) is 2.83. The van der Waals surface area contributed by atoms with Crippen LogP contribution in [0.2, 0.25) is 0 Å². The Kier molecular flexibility index (Phi) is 4.22. The fourth-order valence-electron chi connectivity index (χ4n) is 2.95.